The number of nitrogens with one attached hydrogen (secondary N) is 1. The average Bonchev–Trinajstić information content (AvgIpc) is 2.86. The molecular weight excluding hydrogens is 452 g/mol. The Morgan fingerprint density at radius 3 is 2.14 bits per heavy atom. The van der Waals surface area contributed by atoms with Crippen LogP contribution in [0.1, 0.15) is 42.8 Å². The summed E-state index contributed by atoms with van der Waals surface area (Å²) in [4.78, 5) is 41.2. The maximum atomic E-state index is 13.5. The first-order chi connectivity index (χ1) is 16.7. The Balaban J connectivity index is 1.99. The smallest absolute Gasteiger partial charge is 0.341 e. The van der Waals surface area contributed by atoms with E-state index in [0.29, 0.717) is 37.6 Å². The molecule has 9 nitrogen and oxygen atoms in total. The Morgan fingerprint density at radius 1 is 0.971 bits per heavy atom. The third-order valence-corrected chi connectivity index (χ3v) is 5.55. The van der Waals surface area contributed by atoms with Crippen molar-refractivity contribution in [2.24, 2.45) is 5.41 Å². The Morgan fingerprint density at radius 2 is 1.57 bits per heavy atom. The molecule has 1 N–H and O–H groups in total. The summed E-state index contributed by atoms with van der Waals surface area (Å²) in [5, 5.41) is 2.78. The number of carbonyl (C=O) groups is 3. The van der Waals surface area contributed by atoms with E-state index in [1.54, 1.807) is 49.9 Å². The van der Waals surface area contributed by atoms with Gasteiger partial charge in [-0.3, -0.25) is 9.59 Å². The second-order valence-corrected chi connectivity index (χ2v) is 9.09. The van der Waals surface area contributed by atoms with E-state index in [9.17, 15) is 14.4 Å². The minimum Gasteiger partial charge on any atom is -0.493 e. The Labute approximate surface area is 205 Å². The molecule has 9 heteroatoms. The maximum absolute atomic E-state index is 13.5. The van der Waals surface area contributed by atoms with Gasteiger partial charge in [0.1, 0.15) is 0 Å². The largest absolute Gasteiger partial charge is 0.493 e. The van der Waals surface area contributed by atoms with Crippen LogP contribution in [0.4, 0.5) is 5.69 Å². The van der Waals surface area contributed by atoms with E-state index in [1.165, 1.54) is 26.4 Å². The second-order valence-electron chi connectivity index (χ2n) is 9.09. The van der Waals surface area contributed by atoms with Crippen molar-refractivity contribution in [2.45, 2.75) is 26.9 Å². The molecule has 2 aromatic rings. The first-order valence-corrected chi connectivity index (χ1v) is 11.4. The van der Waals surface area contributed by atoms with Gasteiger partial charge in [0.05, 0.1) is 38.7 Å². The minimum atomic E-state index is -1.17. The monoisotopic (exact) mass is 484 g/mol. The van der Waals surface area contributed by atoms with Crippen molar-refractivity contribution in [1.29, 1.82) is 0 Å². The number of rotatable bonds is 7. The zero-order chi connectivity index (χ0) is 25.6. The third-order valence-electron chi connectivity index (χ3n) is 5.55. The molecule has 35 heavy (non-hydrogen) atoms. The van der Waals surface area contributed by atoms with Crippen molar-refractivity contribution >= 4 is 23.5 Å². The van der Waals surface area contributed by atoms with E-state index < -0.39 is 17.5 Å². The lowest BCUT2D eigenvalue weighted by Gasteiger charge is -2.30. The van der Waals surface area contributed by atoms with Crippen molar-refractivity contribution in [1.82, 2.24) is 4.90 Å². The summed E-state index contributed by atoms with van der Waals surface area (Å²) in [6, 6.07) is 11.7. The lowest BCUT2D eigenvalue weighted by molar-refractivity contribution is -0.145. The second kappa shape index (κ2) is 11.2. The molecule has 188 valence electrons. The Kier molecular flexibility index (Phi) is 8.34. The van der Waals surface area contributed by atoms with E-state index in [2.05, 4.69) is 5.32 Å². The van der Waals surface area contributed by atoms with Crippen LogP contribution in [0, 0.1) is 5.41 Å². The molecule has 0 aromatic heterocycles. The molecule has 1 fully saturated rings. The van der Waals surface area contributed by atoms with Crippen LogP contribution in [0.25, 0.3) is 0 Å². The summed E-state index contributed by atoms with van der Waals surface area (Å²) in [7, 11) is 2.90. The number of amides is 2. The Hall–Kier alpha value is -3.59. The molecule has 0 bridgehead atoms. The number of esters is 1. The van der Waals surface area contributed by atoms with Gasteiger partial charge in [0.25, 0.3) is 5.91 Å². The van der Waals surface area contributed by atoms with Gasteiger partial charge in [0, 0.05) is 36.2 Å². The quantitative estimate of drug-likeness (QED) is 0.601. The van der Waals surface area contributed by atoms with Gasteiger partial charge in [-0.25, -0.2) is 4.79 Å². The number of methoxy groups -OCH3 is 2. The molecule has 1 unspecified atom stereocenters. The minimum absolute atomic E-state index is 0.0379. The van der Waals surface area contributed by atoms with Crippen LogP contribution >= 0.6 is 0 Å². The predicted octanol–water partition coefficient (Wildman–Crippen LogP) is 3.45. The maximum Gasteiger partial charge on any atom is 0.341 e. The molecule has 0 radical (unpaired) electrons. The van der Waals surface area contributed by atoms with Gasteiger partial charge in [-0.1, -0.05) is 51.1 Å². The normalized spacial score (nSPS) is 14.6. The van der Waals surface area contributed by atoms with Crippen LogP contribution < -0.4 is 14.8 Å². The molecule has 1 aliphatic rings. The van der Waals surface area contributed by atoms with E-state index in [4.69, 9.17) is 18.9 Å². The number of ether oxygens (including phenoxy) is 4. The summed E-state index contributed by atoms with van der Waals surface area (Å²) >= 11 is 0. The van der Waals surface area contributed by atoms with Gasteiger partial charge in [-0.2, -0.15) is 0 Å². The summed E-state index contributed by atoms with van der Waals surface area (Å²) in [6.07, 6.45) is -1.17. The lowest BCUT2D eigenvalue weighted by atomic mass is 9.95. The first kappa shape index (κ1) is 26.0. The van der Waals surface area contributed by atoms with Gasteiger partial charge in [0.2, 0.25) is 12.0 Å². The summed E-state index contributed by atoms with van der Waals surface area (Å²) in [5.74, 6) is -0.816. The molecule has 2 aromatic carbocycles. The van der Waals surface area contributed by atoms with E-state index in [1.807, 2.05) is 6.07 Å². The number of nitrogens with zero attached hydrogens (tertiary/aromatic N) is 1. The highest BCUT2D eigenvalue weighted by molar-refractivity contribution is 6.04. The lowest BCUT2D eigenvalue weighted by Crippen LogP contribution is -2.44. The molecule has 2 amide bonds. The van der Waals surface area contributed by atoms with Crippen molar-refractivity contribution in [3.05, 3.63) is 53.6 Å². The number of carbonyl (C=O) groups excluding carboxylic acids is 3. The summed E-state index contributed by atoms with van der Waals surface area (Å²) in [6.45, 7) is 6.92. The fourth-order valence-electron chi connectivity index (χ4n) is 3.47. The standard InChI is InChI=1S/C26H32N2O7/c1-26(2,3)25(31)27-19-16-21(33-5)20(32-4)15-18(19)24(30)35-22(17-9-7-6-8-10-17)23(29)28-11-13-34-14-12-28/h6-10,15-16,22H,11-14H2,1-5H3,(H,27,31). The van der Waals surface area contributed by atoms with Crippen LogP contribution in [-0.4, -0.2) is 63.2 Å². The molecule has 1 heterocycles. The Bertz CT molecular complexity index is 1060. The third kappa shape index (κ3) is 6.30. The van der Waals surface area contributed by atoms with Gasteiger partial charge >= 0.3 is 5.97 Å². The molecular formula is C26H32N2O7. The number of morpholine rings is 1. The fourth-order valence-corrected chi connectivity index (χ4v) is 3.47. The van der Waals surface area contributed by atoms with Crippen molar-refractivity contribution in [3.63, 3.8) is 0 Å². The highest BCUT2D eigenvalue weighted by Gasteiger charge is 2.32. The SMILES string of the molecule is COc1cc(NC(=O)C(C)(C)C)c(C(=O)OC(C(=O)N2CCOCC2)c2ccccc2)cc1OC. The molecule has 1 saturated heterocycles. The van der Waals surface area contributed by atoms with E-state index >= 15 is 0 Å². The van der Waals surface area contributed by atoms with Crippen molar-refractivity contribution in [3.8, 4) is 11.5 Å². The highest BCUT2D eigenvalue weighted by Crippen LogP contribution is 2.35. The van der Waals surface area contributed by atoms with E-state index in [0.717, 1.165) is 0 Å². The van der Waals surface area contributed by atoms with Crippen LogP contribution in [0.2, 0.25) is 0 Å². The molecule has 1 aliphatic heterocycles. The van der Waals surface area contributed by atoms with Crippen molar-refractivity contribution < 1.29 is 33.3 Å². The predicted molar refractivity (Wildman–Crippen MR) is 130 cm³/mol. The zero-order valence-corrected chi connectivity index (χ0v) is 20.8. The van der Waals surface area contributed by atoms with Gasteiger partial charge in [-0.15, -0.1) is 0 Å². The fraction of sp³-hybridized carbons (Fsp3) is 0.423. The number of hydrogen-bond donors (Lipinski definition) is 1. The van der Waals surface area contributed by atoms with E-state index in [-0.39, 0.29) is 28.8 Å². The van der Waals surface area contributed by atoms with Crippen molar-refractivity contribution in [2.75, 3.05) is 45.8 Å². The first-order valence-electron chi connectivity index (χ1n) is 11.4. The number of benzene rings is 2. The van der Waals surface area contributed by atoms with Crippen LogP contribution in [0.5, 0.6) is 11.5 Å². The summed E-state index contributed by atoms with van der Waals surface area (Å²) in [5.41, 5.74) is 0.0555. The van der Waals surface area contributed by atoms with Crippen LogP contribution in [-0.2, 0) is 19.1 Å². The van der Waals surface area contributed by atoms with Gasteiger partial charge < -0.3 is 29.2 Å². The van der Waals surface area contributed by atoms with Gasteiger partial charge in [-0.05, 0) is 0 Å². The zero-order valence-electron chi connectivity index (χ0n) is 20.8. The average molecular weight is 485 g/mol. The van der Waals surface area contributed by atoms with Crippen LogP contribution in [0.3, 0.4) is 0 Å². The molecule has 1 atom stereocenters. The number of anilines is 1. The molecule has 0 aliphatic carbocycles. The van der Waals surface area contributed by atoms with Gasteiger partial charge in [0.15, 0.2) is 11.5 Å². The topological polar surface area (TPSA) is 103 Å². The molecule has 3 rings (SSSR count). The van der Waals surface area contributed by atoms with Crippen LogP contribution in [0.15, 0.2) is 42.5 Å². The summed E-state index contributed by atoms with van der Waals surface area (Å²) < 4.78 is 21.8. The molecule has 0 saturated carbocycles. The molecule has 0 spiro atoms. The highest BCUT2D eigenvalue weighted by atomic mass is 16.5. The number of hydrogen-bond acceptors (Lipinski definition) is 7.